The summed E-state index contributed by atoms with van der Waals surface area (Å²) in [5, 5.41) is 14.4. The van der Waals surface area contributed by atoms with Crippen LogP contribution < -0.4 is 4.90 Å². The number of aliphatic hydroxyl groups is 1. The number of benzene rings is 2. The zero-order valence-corrected chi connectivity index (χ0v) is 18.0. The van der Waals surface area contributed by atoms with Crippen molar-refractivity contribution in [2.45, 2.75) is 51.2 Å². The maximum atomic E-state index is 14.5. The zero-order valence-electron chi connectivity index (χ0n) is 18.0. The summed E-state index contributed by atoms with van der Waals surface area (Å²) in [7, 11) is 0. The lowest BCUT2D eigenvalue weighted by atomic mass is 9.78. The maximum absolute atomic E-state index is 14.5. The fourth-order valence-corrected chi connectivity index (χ4v) is 5.32. The number of aromatic nitrogens is 2. The molecule has 2 heterocycles. The quantitative estimate of drug-likeness (QED) is 0.526. The molecule has 0 spiro atoms. The SMILES string of the molecule is [C-]#[N+]c1ccc(-c2cc(N3CCCC4CCCCC43)nn2-c2ccc(CO)cc2)cc1F. The Morgan fingerprint density at radius 1 is 1.03 bits per heavy atom. The van der Waals surface area contributed by atoms with E-state index in [0.29, 0.717) is 11.6 Å². The van der Waals surface area contributed by atoms with Gasteiger partial charge in [-0.15, -0.1) is 5.10 Å². The molecular formula is C26H27FN4O. The molecule has 5 nitrogen and oxygen atoms in total. The molecule has 1 N–H and O–H groups in total. The van der Waals surface area contributed by atoms with E-state index in [9.17, 15) is 9.50 Å². The molecule has 2 atom stereocenters. The smallest absolute Gasteiger partial charge is 0.222 e. The molecule has 0 amide bonds. The Hall–Kier alpha value is -3.17. The molecule has 1 aromatic heterocycles. The molecule has 6 heteroatoms. The number of piperidine rings is 1. The zero-order chi connectivity index (χ0) is 22.1. The van der Waals surface area contributed by atoms with Gasteiger partial charge in [-0.2, -0.15) is 0 Å². The van der Waals surface area contributed by atoms with Gasteiger partial charge < -0.3 is 10.0 Å². The van der Waals surface area contributed by atoms with Crippen molar-refractivity contribution in [2.24, 2.45) is 5.92 Å². The number of nitrogens with zero attached hydrogens (tertiary/aromatic N) is 4. The third-order valence-electron chi connectivity index (χ3n) is 6.96. The average molecular weight is 431 g/mol. The molecule has 164 valence electrons. The fraction of sp³-hybridized carbons (Fsp3) is 0.385. The molecule has 1 saturated heterocycles. The van der Waals surface area contributed by atoms with Crippen molar-refractivity contribution < 1.29 is 9.50 Å². The van der Waals surface area contributed by atoms with Crippen LogP contribution in [0.5, 0.6) is 0 Å². The van der Waals surface area contributed by atoms with Crippen LogP contribution in [0.3, 0.4) is 0 Å². The Morgan fingerprint density at radius 3 is 2.56 bits per heavy atom. The minimum atomic E-state index is -0.521. The molecule has 1 saturated carbocycles. The van der Waals surface area contributed by atoms with Crippen LogP contribution in [0.15, 0.2) is 48.5 Å². The molecule has 1 aliphatic heterocycles. The minimum absolute atomic E-state index is 0.0162. The van der Waals surface area contributed by atoms with Crippen molar-refractivity contribution in [3.63, 3.8) is 0 Å². The highest BCUT2D eigenvalue weighted by atomic mass is 19.1. The van der Waals surface area contributed by atoms with Gasteiger partial charge in [-0.05, 0) is 55.4 Å². The first kappa shape index (κ1) is 20.7. The number of fused-ring (bicyclic) bond motifs is 1. The number of hydrogen-bond donors (Lipinski definition) is 1. The van der Waals surface area contributed by atoms with Gasteiger partial charge >= 0.3 is 0 Å². The van der Waals surface area contributed by atoms with E-state index >= 15 is 0 Å². The van der Waals surface area contributed by atoms with Crippen LogP contribution in [0.4, 0.5) is 15.9 Å². The first-order valence-electron chi connectivity index (χ1n) is 11.4. The lowest BCUT2D eigenvalue weighted by Gasteiger charge is -2.44. The number of aliphatic hydroxyl groups excluding tert-OH is 1. The van der Waals surface area contributed by atoms with Crippen molar-refractivity contribution in [1.29, 1.82) is 0 Å². The predicted octanol–water partition coefficient (Wildman–Crippen LogP) is 5.88. The highest BCUT2D eigenvalue weighted by Crippen LogP contribution is 2.39. The molecule has 0 radical (unpaired) electrons. The van der Waals surface area contributed by atoms with Gasteiger partial charge in [0.05, 0.1) is 24.6 Å². The molecule has 2 fully saturated rings. The summed E-state index contributed by atoms with van der Waals surface area (Å²) in [4.78, 5) is 5.71. The summed E-state index contributed by atoms with van der Waals surface area (Å²) in [6, 6.07) is 14.9. The maximum Gasteiger partial charge on any atom is 0.222 e. The molecule has 2 unspecified atom stereocenters. The van der Waals surface area contributed by atoms with Crippen molar-refractivity contribution >= 4 is 11.5 Å². The topological polar surface area (TPSA) is 45.7 Å². The summed E-state index contributed by atoms with van der Waals surface area (Å²) >= 11 is 0. The molecule has 1 aliphatic carbocycles. The van der Waals surface area contributed by atoms with E-state index in [1.165, 1.54) is 50.7 Å². The molecular weight excluding hydrogens is 403 g/mol. The van der Waals surface area contributed by atoms with Gasteiger partial charge in [-0.25, -0.2) is 13.9 Å². The van der Waals surface area contributed by atoms with Gasteiger partial charge in [0, 0.05) is 24.2 Å². The van der Waals surface area contributed by atoms with E-state index in [2.05, 4.69) is 15.8 Å². The van der Waals surface area contributed by atoms with Crippen LogP contribution in [0, 0.1) is 18.3 Å². The predicted molar refractivity (Wildman–Crippen MR) is 123 cm³/mol. The molecule has 5 rings (SSSR count). The molecule has 2 aromatic carbocycles. The summed E-state index contributed by atoms with van der Waals surface area (Å²) < 4.78 is 16.3. The highest BCUT2D eigenvalue weighted by Gasteiger charge is 2.34. The Morgan fingerprint density at radius 2 is 1.81 bits per heavy atom. The van der Waals surface area contributed by atoms with Crippen molar-refractivity contribution in [2.75, 3.05) is 11.4 Å². The Balaban J connectivity index is 1.60. The van der Waals surface area contributed by atoms with Gasteiger partial charge in [-0.1, -0.05) is 37.1 Å². The minimum Gasteiger partial charge on any atom is -0.392 e. The fourth-order valence-electron chi connectivity index (χ4n) is 5.32. The molecule has 0 bridgehead atoms. The largest absolute Gasteiger partial charge is 0.392 e. The van der Waals surface area contributed by atoms with E-state index in [1.807, 2.05) is 28.9 Å². The lowest BCUT2D eigenvalue weighted by Crippen LogP contribution is -2.47. The van der Waals surface area contributed by atoms with Crippen molar-refractivity contribution in [3.8, 4) is 16.9 Å². The molecule has 3 aromatic rings. The summed E-state index contributed by atoms with van der Waals surface area (Å²) in [6.07, 6.45) is 7.53. The van der Waals surface area contributed by atoms with Gasteiger partial charge in [0.25, 0.3) is 0 Å². The summed E-state index contributed by atoms with van der Waals surface area (Å²) in [5.41, 5.74) is 3.20. The summed E-state index contributed by atoms with van der Waals surface area (Å²) in [5.74, 6) is 1.13. The van der Waals surface area contributed by atoms with Crippen molar-refractivity contribution in [3.05, 3.63) is 71.3 Å². The van der Waals surface area contributed by atoms with Gasteiger partial charge in [0.15, 0.2) is 5.82 Å². The van der Waals surface area contributed by atoms with Crippen LogP contribution >= 0.6 is 0 Å². The van der Waals surface area contributed by atoms with Crippen LogP contribution in [-0.4, -0.2) is 27.5 Å². The summed E-state index contributed by atoms with van der Waals surface area (Å²) in [6.45, 7) is 8.12. The third kappa shape index (κ3) is 3.78. The standard InChI is InChI=1S/C26H27FN4O/c1-28-23-13-10-20(15-22(23)27)25-16-26(29-31(25)21-11-8-18(17-32)9-12-21)30-14-4-6-19-5-2-3-7-24(19)30/h8-13,15-16,19,24,32H,2-7,14,17H2. The highest BCUT2D eigenvalue weighted by molar-refractivity contribution is 5.69. The van der Waals surface area contributed by atoms with Gasteiger partial charge in [0.2, 0.25) is 5.69 Å². The van der Waals surface area contributed by atoms with E-state index in [4.69, 9.17) is 11.7 Å². The van der Waals surface area contributed by atoms with E-state index in [-0.39, 0.29) is 12.3 Å². The normalized spacial score (nSPS) is 20.6. The number of anilines is 1. The molecule has 32 heavy (non-hydrogen) atoms. The second kappa shape index (κ2) is 8.76. The Bertz CT molecular complexity index is 1150. The Kier molecular flexibility index (Phi) is 5.67. The number of halogens is 1. The first-order chi connectivity index (χ1) is 15.7. The van der Waals surface area contributed by atoms with E-state index in [0.717, 1.165) is 35.2 Å². The van der Waals surface area contributed by atoms with Crippen LogP contribution in [0.25, 0.3) is 21.8 Å². The van der Waals surface area contributed by atoms with E-state index < -0.39 is 5.82 Å². The third-order valence-corrected chi connectivity index (χ3v) is 6.96. The number of rotatable bonds is 4. The van der Waals surface area contributed by atoms with Crippen LogP contribution in [0.2, 0.25) is 0 Å². The number of hydrogen-bond acceptors (Lipinski definition) is 3. The first-order valence-corrected chi connectivity index (χ1v) is 11.4. The van der Waals surface area contributed by atoms with Gasteiger partial charge in [-0.3, -0.25) is 0 Å². The van der Waals surface area contributed by atoms with E-state index in [1.54, 1.807) is 6.07 Å². The van der Waals surface area contributed by atoms with Gasteiger partial charge in [0.1, 0.15) is 5.82 Å². The second-order valence-corrected chi connectivity index (χ2v) is 8.85. The van der Waals surface area contributed by atoms with Crippen LogP contribution in [0.1, 0.15) is 44.1 Å². The average Bonchev–Trinajstić information content (AvgIpc) is 3.29. The Labute approximate surface area is 187 Å². The van der Waals surface area contributed by atoms with Crippen LogP contribution in [-0.2, 0) is 6.61 Å². The monoisotopic (exact) mass is 430 g/mol. The molecule has 2 aliphatic rings. The lowest BCUT2D eigenvalue weighted by molar-refractivity contribution is 0.242. The van der Waals surface area contributed by atoms with Crippen molar-refractivity contribution in [1.82, 2.24) is 9.78 Å². The second-order valence-electron chi connectivity index (χ2n) is 8.85.